The van der Waals surface area contributed by atoms with Gasteiger partial charge in [0.1, 0.15) is 11.3 Å². The number of hydrogen-bond donors (Lipinski definition) is 0. The van der Waals surface area contributed by atoms with E-state index in [2.05, 4.69) is 76.9 Å². The molecule has 0 radical (unpaired) electrons. The van der Waals surface area contributed by atoms with Gasteiger partial charge < -0.3 is 14.2 Å². The van der Waals surface area contributed by atoms with Gasteiger partial charge in [-0.3, -0.25) is 19.1 Å². The Morgan fingerprint density at radius 2 is 1.67 bits per heavy atom. The van der Waals surface area contributed by atoms with Gasteiger partial charge in [0.05, 0.1) is 23.3 Å². The van der Waals surface area contributed by atoms with Crippen LogP contribution in [-0.2, 0) is 20.1 Å². The second-order valence-corrected chi connectivity index (χ2v) is 11.0. The molecule has 0 bridgehead atoms. The summed E-state index contributed by atoms with van der Waals surface area (Å²) in [5.41, 5.74) is 10.8. The summed E-state index contributed by atoms with van der Waals surface area (Å²) in [6.45, 7) is 7.44. The van der Waals surface area contributed by atoms with Gasteiger partial charge in [-0.2, -0.15) is 5.10 Å². The van der Waals surface area contributed by atoms with Gasteiger partial charge in [-0.1, -0.05) is 11.2 Å². The first kappa shape index (κ1) is 27.3. The van der Waals surface area contributed by atoms with E-state index in [0.717, 1.165) is 62.8 Å². The molecule has 6 aromatic heterocycles. The number of anilines is 1. The smallest absolute Gasteiger partial charge is 0.318 e. The minimum Gasteiger partial charge on any atom is -0.402 e. The second kappa shape index (κ2) is 10.8. The summed E-state index contributed by atoms with van der Waals surface area (Å²) in [5, 5.41) is 13.2. The summed E-state index contributed by atoms with van der Waals surface area (Å²) in [6.07, 6.45) is 7.72. The van der Waals surface area contributed by atoms with Crippen LogP contribution in [0.1, 0.15) is 28.2 Å². The molecule has 42 heavy (non-hydrogen) atoms. The third kappa shape index (κ3) is 5.14. The van der Waals surface area contributed by atoms with Crippen LogP contribution in [0, 0.1) is 20.8 Å². The van der Waals surface area contributed by atoms with E-state index in [9.17, 15) is 0 Å². The molecule has 0 unspecified atom stereocenters. The molecule has 0 aliphatic rings. The molecule has 6 aromatic rings. The quantitative estimate of drug-likeness (QED) is 0.257. The number of imidazole rings is 1. The molecule has 0 aliphatic carbocycles. The van der Waals surface area contributed by atoms with Crippen molar-refractivity contribution in [3.63, 3.8) is 0 Å². The van der Waals surface area contributed by atoms with Gasteiger partial charge in [0.2, 0.25) is 0 Å². The fourth-order valence-electron chi connectivity index (χ4n) is 5.26. The zero-order valence-corrected chi connectivity index (χ0v) is 25.0. The van der Waals surface area contributed by atoms with E-state index in [1.165, 1.54) is 0 Å². The number of aromatic nitrogens is 8. The predicted molar refractivity (Wildman–Crippen MR) is 162 cm³/mol. The molecule has 11 nitrogen and oxygen atoms in total. The highest BCUT2D eigenvalue weighted by Gasteiger charge is 2.19. The van der Waals surface area contributed by atoms with Crippen LogP contribution in [0.25, 0.3) is 39.6 Å². The van der Waals surface area contributed by atoms with Gasteiger partial charge in [-0.15, -0.1) is 5.10 Å². The van der Waals surface area contributed by atoms with Gasteiger partial charge in [0.25, 0.3) is 5.89 Å². The number of aryl methyl sites for hydroxylation is 3. The van der Waals surface area contributed by atoms with Crippen molar-refractivity contribution < 1.29 is 4.42 Å². The van der Waals surface area contributed by atoms with E-state index in [1.807, 2.05) is 76.3 Å². The maximum absolute atomic E-state index is 6.08. The van der Waals surface area contributed by atoms with Crippen molar-refractivity contribution in [1.29, 1.82) is 0 Å². The van der Waals surface area contributed by atoms with Crippen molar-refractivity contribution >= 4 is 11.7 Å². The second-order valence-electron chi connectivity index (χ2n) is 11.0. The molecule has 0 spiro atoms. The van der Waals surface area contributed by atoms with Crippen LogP contribution in [0.15, 0.2) is 59.5 Å². The maximum atomic E-state index is 6.08. The topological polar surface area (TPSA) is 106 Å². The standard InChI is InChI=1S/C31H34N10O/c1-19-12-24(28-20(2)37-40(7)21(28)3)14-34-29(19)30-35-36-31(42-30)39(6)16-22-8-11-27-33-15-26(41(27)17-22)23-9-10-25(32-13-23)18-38(4)5/h8-15,17H,16,18H2,1-7H3. The highest BCUT2D eigenvalue weighted by Crippen LogP contribution is 2.30. The molecule has 0 amide bonds. The summed E-state index contributed by atoms with van der Waals surface area (Å²) < 4.78 is 10.1. The lowest BCUT2D eigenvalue weighted by molar-refractivity contribution is 0.397. The van der Waals surface area contributed by atoms with Crippen LogP contribution in [0.2, 0.25) is 0 Å². The zero-order chi connectivity index (χ0) is 29.5. The van der Waals surface area contributed by atoms with Crippen LogP contribution in [0.4, 0.5) is 6.01 Å². The van der Waals surface area contributed by atoms with Gasteiger partial charge in [-0.25, -0.2) is 4.98 Å². The average molecular weight is 563 g/mol. The van der Waals surface area contributed by atoms with Crippen molar-refractivity contribution in [3.8, 4) is 34.0 Å². The van der Waals surface area contributed by atoms with E-state index in [4.69, 9.17) is 4.42 Å². The Morgan fingerprint density at radius 1 is 0.857 bits per heavy atom. The first-order chi connectivity index (χ1) is 20.2. The average Bonchev–Trinajstić information content (AvgIpc) is 3.66. The lowest BCUT2D eigenvalue weighted by Crippen LogP contribution is -2.17. The van der Waals surface area contributed by atoms with E-state index >= 15 is 0 Å². The molecular weight excluding hydrogens is 528 g/mol. The van der Waals surface area contributed by atoms with Gasteiger partial charge in [0, 0.05) is 68.2 Å². The minimum absolute atomic E-state index is 0.387. The van der Waals surface area contributed by atoms with Crippen molar-refractivity contribution in [2.24, 2.45) is 7.05 Å². The normalized spacial score (nSPS) is 11.6. The first-order valence-electron chi connectivity index (χ1n) is 13.8. The first-order valence-corrected chi connectivity index (χ1v) is 13.8. The number of pyridine rings is 3. The Kier molecular flexibility index (Phi) is 7.03. The Bertz CT molecular complexity index is 1880. The molecule has 0 aromatic carbocycles. The summed E-state index contributed by atoms with van der Waals surface area (Å²) in [7, 11) is 7.95. The molecule has 214 valence electrons. The van der Waals surface area contributed by atoms with E-state index < -0.39 is 0 Å². The predicted octanol–water partition coefficient (Wildman–Crippen LogP) is 4.87. The number of rotatable bonds is 8. The fraction of sp³-hybridized carbons (Fsp3) is 0.290. The highest BCUT2D eigenvalue weighted by atomic mass is 16.4. The van der Waals surface area contributed by atoms with Crippen molar-refractivity contribution in [2.75, 3.05) is 26.0 Å². The van der Waals surface area contributed by atoms with Crippen LogP contribution >= 0.6 is 0 Å². The summed E-state index contributed by atoms with van der Waals surface area (Å²) >= 11 is 0. The maximum Gasteiger partial charge on any atom is 0.318 e. The SMILES string of the molecule is Cc1cc(-c2c(C)nn(C)c2C)cnc1-c1nnc(N(C)Cc2ccc3ncc(-c4ccc(CN(C)C)nc4)n3c2)o1. The van der Waals surface area contributed by atoms with Crippen molar-refractivity contribution in [3.05, 3.63) is 83.3 Å². The molecule has 11 heteroatoms. The molecule has 0 aliphatic heterocycles. The van der Waals surface area contributed by atoms with Crippen molar-refractivity contribution in [1.82, 2.24) is 44.2 Å². The number of fused-ring (bicyclic) bond motifs is 1. The van der Waals surface area contributed by atoms with Crippen LogP contribution in [0.5, 0.6) is 0 Å². The molecule has 0 saturated heterocycles. The third-order valence-corrected chi connectivity index (χ3v) is 7.40. The molecule has 0 N–H and O–H groups in total. The molecule has 0 saturated carbocycles. The van der Waals surface area contributed by atoms with Gasteiger partial charge in [-0.05, 0) is 70.3 Å². The Labute approximate surface area is 244 Å². The molecule has 0 fully saturated rings. The van der Waals surface area contributed by atoms with E-state index in [1.54, 1.807) is 0 Å². The minimum atomic E-state index is 0.387. The number of nitrogens with zero attached hydrogens (tertiary/aromatic N) is 10. The zero-order valence-electron chi connectivity index (χ0n) is 25.0. The van der Waals surface area contributed by atoms with E-state index in [-0.39, 0.29) is 0 Å². The molecular formula is C31H34N10O. The third-order valence-electron chi connectivity index (χ3n) is 7.40. The van der Waals surface area contributed by atoms with Crippen LogP contribution < -0.4 is 4.90 Å². The Hall–Kier alpha value is -4.90. The summed E-state index contributed by atoms with van der Waals surface area (Å²) in [5.74, 6) is 0.387. The van der Waals surface area contributed by atoms with E-state index in [0.29, 0.717) is 24.1 Å². The van der Waals surface area contributed by atoms with Crippen LogP contribution in [0.3, 0.4) is 0 Å². The molecule has 6 rings (SSSR count). The Balaban J connectivity index is 1.21. The van der Waals surface area contributed by atoms with Crippen LogP contribution in [-0.4, -0.2) is 65.4 Å². The summed E-state index contributed by atoms with van der Waals surface area (Å²) in [6, 6.07) is 10.7. The van der Waals surface area contributed by atoms with Gasteiger partial charge in [0.15, 0.2) is 0 Å². The monoisotopic (exact) mass is 562 g/mol. The molecule has 6 heterocycles. The highest BCUT2D eigenvalue weighted by molar-refractivity contribution is 5.71. The lowest BCUT2D eigenvalue weighted by atomic mass is 10.0. The Morgan fingerprint density at radius 3 is 2.36 bits per heavy atom. The fourth-order valence-corrected chi connectivity index (χ4v) is 5.26. The van der Waals surface area contributed by atoms with Gasteiger partial charge >= 0.3 is 6.01 Å². The summed E-state index contributed by atoms with van der Waals surface area (Å²) in [4.78, 5) is 17.9. The lowest BCUT2D eigenvalue weighted by Gasteiger charge is -2.14. The van der Waals surface area contributed by atoms with Crippen molar-refractivity contribution in [2.45, 2.75) is 33.9 Å². The molecule has 0 atom stereocenters. The number of hydrogen-bond acceptors (Lipinski definition) is 9. The largest absolute Gasteiger partial charge is 0.402 e.